The Balaban J connectivity index is 3.24. The molecule has 0 fully saturated rings. The predicted molar refractivity (Wildman–Crippen MR) is 62.0 cm³/mol. The van der Waals surface area contributed by atoms with Gasteiger partial charge in [0.2, 0.25) is 5.28 Å². The maximum absolute atomic E-state index is 11.7. The first-order valence-corrected chi connectivity index (χ1v) is 5.31. The molecule has 17 heavy (non-hydrogen) atoms. The van der Waals surface area contributed by atoms with Gasteiger partial charge in [0.05, 0.1) is 13.2 Å². The van der Waals surface area contributed by atoms with Crippen LogP contribution in [0.5, 0.6) is 0 Å². The van der Waals surface area contributed by atoms with E-state index in [9.17, 15) is 9.59 Å². The highest BCUT2D eigenvalue weighted by Gasteiger charge is 2.22. The largest absolute Gasteiger partial charge is 0.461 e. The van der Waals surface area contributed by atoms with Crippen molar-refractivity contribution in [1.29, 1.82) is 0 Å². The summed E-state index contributed by atoms with van der Waals surface area (Å²) >= 11 is 5.83. The molecule has 0 N–H and O–H groups in total. The van der Waals surface area contributed by atoms with E-state index in [2.05, 4.69) is 16.8 Å². The minimum atomic E-state index is -0.632. The highest BCUT2D eigenvalue weighted by atomic mass is 35.5. The second-order valence-electron chi connectivity index (χ2n) is 2.97. The third-order valence-electron chi connectivity index (χ3n) is 1.94. The maximum atomic E-state index is 11.7. The van der Waals surface area contributed by atoms with Crippen molar-refractivity contribution in [2.24, 2.45) is 0 Å². The topological polar surface area (TPSA) is 61.2 Å². The van der Waals surface area contributed by atoms with Gasteiger partial charge in [-0.15, -0.1) is 5.92 Å². The highest BCUT2D eigenvalue weighted by Crippen LogP contribution is 2.16. The summed E-state index contributed by atoms with van der Waals surface area (Å²) in [6, 6.07) is 0. The van der Waals surface area contributed by atoms with Crippen LogP contribution in [-0.2, 0) is 11.3 Å². The number of imidazole rings is 1. The Kier molecular flexibility index (Phi) is 4.73. The molecule has 0 aliphatic heterocycles. The van der Waals surface area contributed by atoms with Gasteiger partial charge in [-0.3, -0.25) is 9.36 Å². The quantitative estimate of drug-likeness (QED) is 0.465. The van der Waals surface area contributed by atoms with Gasteiger partial charge in [0, 0.05) is 0 Å². The molecule has 1 heterocycles. The lowest BCUT2D eigenvalue weighted by Gasteiger charge is -2.05. The fourth-order valence-electron chi connectivity index (χ4n) is 1.24. The number of aromatic nitrogens is 2. The summed E-state index contributed by atoms with van der Waals surface area (Å²) in [5.41, 5.74) is 0.000882. The molecule has 6 heteroatoms. The van der Waals surface area contributed by atoms with Crippen molar-refractivity contribution in [2.45, 2.75) is 20.4 Å². The molecule has 1 rings (SSSR count). The van der Waals surface area contributed by atoms with Crippen LogP contribution in [0.2, 0.25) is 5.28 Å². The van der Waals surface area contributed by atoms with Gasteiger partial charge >= 0.3 is 5.97 Å². The van der Waals surface area contributed by atoms with Gasteiger partial charge in [0.15, 0.2) is 12.0 Å². The smallest absolute Gasteiger partial charge is 0.357 e. The molecule has 5 nitrogen and oxygen atoms in total. The lowest BCUT2D eigenvalue weighted by Crippen LogP contribution is -2.14. The van der Waals surface area contributed by atoms with Crippen molar-refractivity contribution in [1.82, 2.24) is 9.55 Å². The fraction of sp³-hybridized carbons (Fsp3) is 0.364. The summed E-state index contributed by atoms with van der Waals surface area (Å²) in [6.45, 7) is 3.73. The van der Waals surface area contributed by atoms with Crippen molar-refractivity contribution >= 4 is 23.9 Å². The summed E-state index contributed by atoms with van der Waals surface area (Å²) in [4.78, 5) is 26.2. The van der Waals surface area contributed by atoms with Crippen molar-refractivity contribution in [3.63, 3.8) is 0 Å². The number of aldehydes is 1. The SMILES string of the molecule is CC#CCn1c(Cl)nc(C=O)c1C(=O)OCC. The van der Waals surface area contributed by atoms with Crippen molar-refractivity contribution in [3.05, 3.63) is 16.7 Å². The van der Waals surface area contributed by atoms with E-state index in [4.69, 9.17) is 16.3 Å². The monoisotopic (exact) mass is 254 g/mol. The average Bonchev–Trinajstić information content (AvgIpc) is 2.63. The number of rotatable bonds is 4. The van der Waals surface area contributed by atoms with Crippen molar-refractivity contribution in [3.8, 4) is 11.8 Å². The van der Waals surface area contributed by atoms with Crippen LogP contribution in [0.1, 0.15) is 34.8 Å². The molecule has 0 unspecified atom stereocenters. The second-order valence-corrected chi connectivity index (χ2v) is 3.30. The predicted octanol–water partition coefficient (Wildman–Crippen LogP) is 1.55. The lowest BCUT2D eigenvalue weighted by atomic mass is 10.3. The van der Waals surface area contributed by atoms with Crippen molar-refractivity contribution < 1.29 is 14.3 Å². The average molecular weight is 255 g/mol. The molecule has 0 aliphatic carbocycles. The molecule has 0 radical (unpaired) electrons. The maximum Gasteiger partial charge on any atom is 0.357 e. The molecule has 0 amide bonds. The number of carbonyl (C=O) groups excluding carboxylic acids is 2. The van der Waals surface area contributed by atoms with Crippen molar-refractivity contribution in [2.75, 3.05) is 6.61 Å². The number of ether oxygens (including phenoxy) is 1. The van der Waals surface area contributed by atoms with E-state index in [1.54, 1.807) is 13.8 Å². The molecule has 1 aromatic heterocycles. The number of nitrogens with zero attached hydrogens (tertiary/aromatic N) is 2. The summed E-state index contributed by atoms with van der Waals surface area (Å²) in [5, 5.41) is 0.0397. The molecular weight excluding hydrogens is 244 g/mol. The van der Waals surface area contributed by atoms with E-state index >= 15 is 0 Å². The molecule has 90 valence electrons. The molecule has 1 aromatic rings. The zero-order chi connectivity index (χ0) is 12.8. The van der Waals surface area contributed by atoms with Gasteiger partial charge in [-0.05, 0) is 25.4 Å². The van der Waals surface area contributed by atoms with Crippen LogP contribution < -0.4 is 0 Å². The third kappa shape index (κ3) is 2.86. The van der Waals surface area contributed by atoms with Gasteiger partial charge in [-0.25, -0.2) is 9.78 Å². The molecule has 0 aromatic carbocycles. The summed E-state index contributed by atoms with van der Waals surface area (Å²) in [7, 11) is 0. The second kappa shape index (κ2) is 6.06. The van der Waals surface area contributed by atoms with Gasteiger partial charge in [0.25, 0.3) is 0 Å². The first-order valence-electron chi connectivity index (χ1n) is 4.93. The van der Waals surface area contributed by atoms with Crippen LogP contribution in [0, 0.1) is 11.8 Å². The molecular formula is C11H11ClN2O3. The number of hydrogen-bond acceptors (Lipinski definition) is 4. The summed E-state index contributed by atoms with van der Waals surface area (Å²) in [5.74, 6) is 4.78. The highest BCUT2D eigenvalue weighted by molar-refractivity contribution is 6.29. The molecule has 0 bridgehead atoms. The Bertz CT molecular complexity index is 497. The summed E-state index contributed by atoms with van der Waals surface area (Å²) < 4.78 is 6.19. The molecule has 0 saturated heterocycles. The Labute approximate surface area is 104 Å². The van der Waals surface area contributed by atoms with Crippen LogP contribution >= 0.6 is 11.6 Å². The number of esters is 1. The Hall–Kier alpha value is -1.80. The fourth-order valence-corrected chi connectivity index (χ4v) is 1.48. The third-order valence-corrected chi connectivity index (χ3v) is 2.23. The van der Waals surface area contributed by atoms with Gasteiger partial charge in [-0.2, -0.15) is 0 Å². The van der Waals surface area contributed by atoms with Gasteiger partial charge in [0.1, 0.15) is 5.69 Å². The minimum absolute atomic E-state index is 0.0358. The zero-order valence-corrected chi connectivity index (χ0v) is 10.2. The lowest BCUT2D eigenvalue weighted by molar-refractivity contribution is 0.0512. The molecule has 0 saturated carbocycles. The van der Waals surface area contributed by atoms with E-state index in [1.165, 1.54) is 4.57 Å². The van der Waals surface area contributed by atoms with Crippen LogP contribution in [0.4, 0.5) is 0 Å². The van der Waals surface area contributed by atoms with Gasteiger partial charge < -0.3 is 4.74 Å². The van der Waals surface area contributed by atoms with Crippen LogP contribution in [0.15, 0.2) is 0 Å². The molecule has 0 aliphatic rings. The van der Waals surface area contributed by atoms with Gasteiger partial charge in [-0.1, -0.05) is 5.92 Å². The molecule has 0 spiro atoms. The first kappa shape index (κ1) is 13.3. The first-order chi connectivity index (χ1) is 8.15. The Morgan fingerprint density at radius 2 is 2.35 bits per heavy atom. The molecule has 0 atom stereocenters. The number of carbonyl (C=O) groups is 2. The van der Waals surface area contributed by atoms with E-state index in [0.29, 0.717) is 6.29 Å². The van der Waals surface area contributed by atoms with Crippen LogP contribution in [0.3, 0.4) is 0 Å². The van der Waals surface area contributed by atoms with E-state index in [1.807, 2.05) is 0 Å². The Morgan fingerprint density at radius 3 is 2.88 bits per heavy atom. The zero-order valence-electron chi connectivity index (χ0n) is 9.49. The van der Waals surface area contributed by atoms with E-state index in [-0.39, 0.29) is 29.8 Å². The van der Waals surface area contributed by atoms with E-state index in [0.717, 1.165) is 0 Å². The number of halogens is 1. The number of hydrogen-bond donors (Lipinski definition) is 0. The van der Waals surface area contributed by atoms with E-state index < -0.39 is 5.97 Å². The standard InChI is InChI=1S/C11H11ClN2O3/c1-3-5-6-14-9(10(16)17-4-2)8(7-15)13-11(14)12/h7H,4,6H2,1-2H3. The normalized spacial score (nSPS) is 9.35. The Morgan fingerprint density at radius 1 is 1.65 bits per heavy atom. The van der Waals surface area contributed by atoms with Crippen LogP contribution in [-0.4, -0.2) is 28.4 Å². The van der Waals surface area contributed by atoms with Crippen LogP contribution in [0.25, 0.3) is 0 Å². The minimum Gasteiger partial charge on any atom is -0.461 e. The summed E-state index contributed by atoms with van der Waals surface area (Å²) in [6.07, 6.45) is 0.466.